The quantitative estimate of drug-likeness (QED) is 0.592. The number of hydrogen-bond acceptors (Lipinski definition) is 3. The van der Waals surface area contributed by atoms with Gasteiger partial charge in [-0.3, -0.25) is 4.72 Å². The molecular formula is C9H13N2OS+. The van der Waals surface area contributed by atoms with Gasteiger partial charge < -0.3 is 0 Å². The molecule has 70 valence electrons. The minimum atomic E-state index is 0.703. The van der Waals surface area contributed by atoms with Crippen LogP contribution in [0, 0.1) is 4.91 Å². The lowest BCUT2D eigenvalue weighted by molar-refractivity contribution is -0.428. The summed E-state index contributed by atoms with van der Waals surface area (Å²) < 4.78 is 3.86. The first kappa shape index (κ1) is 10.2. The Morgan fingerprint density at radius 2 is 2.31 bits per heavy atom. The van der Waals surface area contributed by atoms with E-state index >= 15 is 0 Å². The predicted octanol–water partition coefficient (Wildman–Crippen LogP) is 2.09. The largest absolute Gasteiger partial charge is 0.267 e. The normalized spacial score (nSPS) is 10.0. The first-order valence-corrected chi connectivity index (χ1v) is 5.01. The number of nitrogens with one attached hydrogen (secondary N) is 1. The van der Waals surface area contributed by atoms with Gasteiger partial charge in [0.05, 0.1) is 0 Å². The Balaban J connectivity index is 2.73. The summed E-state index contributed by atoms with van der Waals surface area (Å²) in [6.07, 6.45) is 0. The Kier molecular flexibility index (Phi) is 3.92. The minimum Gasteiger partial charge on any atom is -0.267 e. The lowest BCUT2D eigenvalue weighted by Gasteiger charge is -1.98. The Labute approximate surface area is 82.2 Å². The van der Waals surface area contributed by atoms with Gasteiger partial charge in [0.2, 0.25) is 0 Å². The van der Waals surface area contributed by atoms with E-state index in [2.05, 4.69) is 4.72 Å². The van der Waals surface area contributed by atoms with Gasteiger partial charge in [0, 0.05) is 27.6 Å². The van der Waals surface area contributed by atoms with E-state index < -0.39 is 0 Å². The van der Waals surface area contributed by atoms with Crippen LogP contribution in [0.25, 0.3) is 0 Å². The molecule has 0 aliphatic rings. The summed E-state index contributed by atoms with van der Waals surface area (Å²) in [6.45, 7) is 0. The summed E-state index contributed by atoms with van der Waals surface area (Å²) in [6, 6.07) is 7.62. The van der Waals surface area contributed by atoms with Crippen LogP contribution in [0.4, 0.5) is 5.69 Å². The number of nitroso groups, excluding NO2 is 1. The third kappa shape index (κ3) is 3.16. The molecule has 0 saturated heterocycles. The summed E-state index contributed by atoms with van der Waals surface area (Å²) in [4.78, 5) is 11.0. The highest BCUT2D eigenvalue weighted by molar-refractivity contribution is 7.96. The van der Waals surface area contributed by atoms with Gasteiger partial charge >= 0.3 is 0 Å². The van der Waals surface area contributed by atoms with E-state index in [1.807, 2.05) is 25.2 Å². The zero-order valence-electron chi connectivity index (χ0n) is 7.78. The molecule has 0 aliphatic heterocycles. The van der Waals surface area contributed by atoms with Crippen LogP contribution in [-0.4, -0.2) is 18.9 Å². The van der Waals surface area contributed by atoms with Crippen molar-refractivity contribution >= 4 is 17.6 Å². The van der Waals surface area contributed by atoms with Crippen LogP contribution in [0.3, 0.4) is 0 Å². The molecule has 0 aliphatic carbocycles. The SMILES string of the molecule is CNSCc1cccc([N+](C)=O)c1. The number of rotatable bonds is 4. The highest BCUT2D eigenvalue weighted by Crippen LogP contribution is 2.15. The number of nitrogens with zero attached hydrogens (tertiary/aromatic N) is 1. The molecule has 1 aromatic carbocycles. The fraction of sp³-hybridized carbons (Fsp3) is 0.333. The van der Waals surface area contributed by atoms with Gasteiger partial charge in [-0.2, -0.15) is 0 Å². The molecule has 0 saturated carbocycles. The van der Waals surface area contributed by atoms with E-state index in [1.165, 1.54) is 7.05 Å². The van der Waals surface area contributed by atoms with Crippen molar-refractivity contribution in [1.29, 1.82) is 0 Å². The second-order valence-electron chi connectivity index (χ2n) is 2.66. The lowest BCUT2D eigenvalue weighted by atomic mass is 10.2. The molecule has 4 heteroatoms. The summed E-state index contributed by atoms with van der Waals surface area (Å²) in [5, 5.41) is 0. The Morgan fingerprint density at radius 1 is 1.54 bits per heavy atom. The van der Waals surface area contributed by atoms with Crippen LogP contribution in [0.2, 0.25) is 0 Å². The second kappa shape index (κ2) is 4.99. The van der Waals surface area contributed by atoms with Gasteiger partial charge in [-0.15, -0.1) is 0 Å². The van der Waals surface area contributed by atoms with Gasteiger partial charge in [0.1, 0.15) is 0 Å². The third-order valence-corrected chi connectivity index (χ3v) is 2.42. The van der Waals surface area contributed by atoms with Gasteiger partial charge in [0.15, 0.2) is 7.05 Å². The zero-order chi connectivity index (χ0) is 9.68. The Hall–Kier alpha value is -0.870. The van der Waals surface area contributed by atoms with Crippen molar-refractivity contribution in [3.63, 3.8) is 0 Å². The maximum absolute atomic E-state index is 11.0. The smallest absolute Gasteiger partial charge is 0.255 e. The number of benzene rings is 1. The lowest BCUT2D eigenvalue weighted by Crippen LogP contribution is -1.94. The van der Waals surface area contributed by atoms with Gasteiger partial charge in [-0.05, 0) is 12.6 Å². The molecule has 0 unspecified atom stereocenters. The Bertz CT molecular complexity index is 301. The third-order valence-electron chi connectivity index (χ3n) is 1.66. The standard InChI is InChI=1S/C9H13N2OS/c1-10-13-7-8-4-3-5-9(6-8)11(2)12/h3-6,10H,7H2,1-2H3/q+1. The average molecular weight is 197 g/mol. The van der Waals surface area contributed by atoms with Crippen LogP contribution in [0.15, 0.2) is 24.3 Å². The maximum atomic E-state index is 11.0. The van der Waals surface area contributed by atoms with Crippen LogP contribution >= 0.6 is 11.9 Å². The number of hydrogen-bond donors (Lipinski definition) is 1. The molecule has 0 heterocycles. The van der Waals surface area contributed by atoms with Crippen LogP contribution in [0.1, 0.15) is 5.56 Å². The van der Waals surface area contributed by atoms with E-state index in [4.69, 9.17) is 0 Å². The van der Waals surface area contributed by atoms with Crippen molar-refractivity contribution in [2.24, 2.45) is 0 Å². The van der Waals surface area contributed by atoms with Crippen LogP contribution in [-0.2, 0) is 5.75 Å². The van der Waals surface area contributed by atoms with E-state index in [0.717, 1.165) is 16.1 Å². The minimum absolute atomic E-state index is 0.703. The van der Waals surface area contributed by atoms with Gasteiger partial charge in [0.25, 0.3) is 5.69 Å². The van der Waals surface area contributed by atoms with Crippen molar-refractivity contribution in [2.45, 2.75) is 5.75 Å². The van der Waals surface area contributed by atoms with Crippen molar-refractivity contribution in [3.8, 4) is 0 Å². The molecule has 0 fully saturated rings. The molecule has 0 amide bonds. The maximum Gasteiger partial charge on any atom is 0.255 e. The van der Waals surface area contributed by atoms with Crippen molar-refractivity contribution in [2.75, 3.05) is 14.1 Å². The first-order valence-electron chi connectivity index (χ1n) is 4.02. The molecule has 0 spiro atoms. The van der Waals surface area contributed by atoms with Gasteiger partial charge in [-0.25, -0.2) is 0 Å². The fourth-order valence-corrected chi connectivity index (χ4v) is 1.49. The van der Waals surface area contributed by atoms with Crippen molar-refractivity contribution in [1.82, 2.24) is 4.72 Å². The molecular weight excluding hydrogens is 184 g/mol. The predicted molar refractivity (Wildman–Crippen MR) is 56.0 cm³/mol. The van der Waals surface area contributed by atoms with Gasteiger partial charge in [-0.1, -0.05) is 24.1 Å². The second-order valence-corrected chi connectivity index (χ2v) is 3.65. The average Bonchev–Trinajstić information content (AvgIpc) is 2.15. The first-order chi connectivity index (χ1) is 6.24. The van der Waals surface area contributed by atoms with E-state index in [9.17, 15) is 4.91 Å². The zero-order valence-corrected chi connectivity index (χ0v) is 8.60. The summed E-state index contributed by atoms with van der Waals surface area (Å²) in [5.74, 6) is 0.873. The molecule has 3 nitrogen and oxygen atoms in total. The van der Waals surface area contributed by atoms with Crippen molar-refractivity contribution in [3.05, 3.63) is 34.7 Å². The molecule has 0 aromatic heterocycles. The van der Waals surface area contributed by atoms with Crippen LogP contribution in [0.5, 0.6) is 0 Å². The highest BCUT2D eigenvalue weighted by Gasteiger charge is 2.06. The van der Waals surface area contributed by atoms with E-state index in [1.54, 1.807) is 18.0 Å². The summed E-state index contributed by atoms with van der Waals surface area (Å²) >= 11 is 1.61. The highest BCUT2D eigenvalue weighted by atomic mass is 32.2. The van der Waals surface area contributed by atoms with Crippen LogP contribution < -0.4 is 4.72 Å². The topological polar surface area (TPSA) is 32.1 Å². The molecule has 0 atom stereocenters. The van der Waals surface area contributed by atoms with E-state index in [0.29, 0.717) is 5.69 Å². The molecule has 0 bridgehead atoms. The fourth-order valence-electron chi connectivity index (χ4n) is 0.998. The molecule has 1 aromatic rings. The Morgan fingerprint density at radius 3 is 2.92 bits per heavy atom. The molecule has 1 rings (SSSR count). The summed E-state index contributed by atoms with van der Waals surface area (Å²) in [5.41, 5.74) is 1.86. The molecule has 1 N–H and O–H groups in total. The summed E-state index contributed by atoms with van der Waals surface area (Å²) in [7, 11) is 3.39. The molecule has 13 heavy (non-hydrogen) atoms. The van der Waals surface area contributed by atoms with E-state index in [-0.39, 0.29) is 0 Å². The molecule has 0 radical (unpaired) electrons. The monoisotopic (exact) mass is 197 g/mol. The van der Waals surface area contributed by atoms with Crippen molar-refractivity contribution < 1.29 is 4.76 Å².